The number of benzene rings is 1. The van der Waals surface area contributed by atoms with Crippen LogP contribution in [0.4, 0.5) is 5.82 Å². The van der Waals surface area contributed by atoms with Gasteiger partial charge in [-0.25, -0.2) is 4.98 Å². The van der Waals surface area contributed by atoms with Gasteiger partial charge in [0.1, 0.15) is 11.6 Å². The molecule has 0 saturated carbocycles. The highest BCUT2D eigenvalue weighted by molar-refractivity contribution is 6.07. The van der Waals surface area contributed by atoms with Crippen LogP contribution in [0, 0.1) is 6.92 Å². The molecule has 1 aromatic carbocycles. The molecule has 3 rings (SSSR count). The zero-order valence-electron chi connectivity index (χ0n) is 13.9. The fraction of sp³-hybridized carbons (Fsp3) is 0.278. The number of hydrogen-bond donors (Lipinski definition) is 1. The van der Waals surface area contributed by atoms with Gasteiger partial charge in [-0.1, -0.05) is 11.2 Å². The van der Waals surface area contributed by atoms with Crippen molar-refractivity contribution in [1.82, 2.24) is 4.98 Å². The summed E-state index contributed by atoms with van der Waals surface area (Å²) in [6, 6.07) is 13.0. The fourth-order valence-corrected chi connectivity index (χ4v) is 2.46. The lowest BCUT2D eigenvalue weighted by Crippen LogP contribution is -2.40. The van der Waals surface area contributed by atoms with Gasteiger partial charge in [-0.2, -0.15) is 0 Å². The van der Waals surface area contributed by atoms with Crippen LogP contribution in [0.25, 0.3) is 0 Å². The first-order valence-electron chi connectivity index (χ1n) is 7.65. The highest BCUT2D eigenvalue weighted by atomic mass is 16.7. The Balaban J connectivity index is 1.70. The molecule has 0 fully saturated rings. The summed E-state index contributed by atoms with van der Waals surface area (Å²) in [7, 11) is 1.62. The summed E-state index contributed by atoms with van der Waals surface area (Å²) in [6.45, 7) is 3.59. The van der Waals surface area contributed by atoms with Crippen molar-refractivity contribution < 1.29 is 14.4 Å². The second-order valence-electron chi connectivity index (χ2n) is 5.88. The lowest BCUT2D eigenvalue weighted by Gasteiger charge is -2.20. The van der Waals surface area contributed by atoms with Crippen molar-refractivity contribution in [2.75, 3.05) is 12.4 Å². The lowest BCUT2D eigenvalue weighted by molar-refractivity contribution is -0.135. The molecule has 0 spiro atoms. The zero-order chi connectivity index (χ0) is 17.2. The molecule has 1 N–H and O–H groups in total. The molecule has 1 amide bonds. The summed E-state index contributed by atoms with van der Waals surface area (Å²) >= 11 is 0. The number of methoxy groups -OCH3 is 1. The predicted octanol–water partition coefficient (Wildman–Crippen LogP) is 2.92. The fourth-order valence-electron chi connectivity index (χ4n) is 2.46. The average Bonchev–Trinajstić information content (AvgIpc) is 2.99. The quantitative estimate of drug-likeness (QED) is 0.938. The third kappa shape index (κ3) is 3.22. The summed E-state index contributed by atoms with van der Waals surface area (Å²) in [6.07, 6.45) is 0.386. The molecule has 2 aromatic rings. The van der Waals surface area contributed by atoms with E-state index in [1.807, 2.05) is 43.3 Å². The van der Waals surface area contributed by atoms with E-state index in [0.29, 0.717) is 12.2 Å². The van der Waals surface area contributed by atoms with Crippen molar-refractivity contribution in [1.29, 1.82) is 0 Å². The van der Waals surface area contributed by atoms with E-state index in [0.717, 1.165) is 22.7 Å². The van der Waals surface area contributed by atoms with Gasteiger partial charge in [0.05, 0.1) is 12.8 Å². The second-order valence-corrected chi connectivity index (χ2v) is 5.88. The summed E-state index contributed by atoms with van der Waals surface area (Å²) < 4.78 is 5.14. The van der Waals surface area contributed by atoms with Gasteiger partial charge in [0.25, 0.3) is 5.91 Å². The largest absolute Gasteiger partial charge is 0.497 e. The van der Waals surface area contributed by atoms with Crippen LogP contribution in [0.1, 0.15) is 24.6 Å². The molecule has 0 radical (unpaired) electrons. The SMILES string of the molecule is COc1ccc(C2=NO[C@](C)(C(=O)Nc3cccc(C)n3)C2)cc1. The lowest BCUT2D eigenvalue weighted by atomic mass is 9.95. The van der Waals surface area contributed by atoms with Crippen LogP contribution < -0.4 is 10.1 Å². The number of pyridine rings is 1. The number of rotatable bonds is 4. The summed E-state index contributed by atoms with van der Waals surface area (Å²) in [5.74, 6) is 1.000. The maximum Gasteiger partial charge on any atom is 0.272 e. The maximum absolute atomic E-state index is 12.6. The third-order valence-electron chi connectivity index (χ3n) is 3.90. The molecule has 0 bridgehead atoms. The van der Waals surface area contributed by atoms with E-state index in [1.54, 1.807) is 20.1 Å². The molecular weight excluding hydrogens is 306 g/mol. The molecule has 124 valence electrons. The van der Waals surface area contributed by atoms with Crippen LogP contribution in [0.3, 0.4) is 0 Å². The van der Waals surface area contributed by atoms with E-state index in [-0.39, 0.29) is 5.91 Å². The Bertz CT molecular complexity index is 786. The Morgan fingerprint density at radius 2 is 2.00 bits per heavy atom. The Morgan fingerprint density at radius 3 is 2.67 bits per heavy atom. The van der Waals surface area contributed by atoms with Gasteiger partial charge < -0.3 is 14.9 Å². The van der Waals surface area contributed by atoms with Crippen molar-refractivity contribution in [2.45, 2.75) is 25.9 Å². The highest BCUT2D eigenvalue weighted by Crippen LogP contribution is 2.28. The highest BCUT2D eigenvalue weighted by Gasteiger charge is 2.42. The van der Waals surface area contributed by atoms with Crippen molar-refractivity contribution in [2.24, 2.45) is 5.16 Å². The van der Waals surface area contributed by atoms with Gasteiger partial charge in [-0.15, -0.1) is 0 Å². The minimum atomic E-state index is -1.05. The molecule has 1 atom stereocenters. The molecule has 0 unspecified atom stereocenters. The van der Waals surface area contributed by atoms with Gasteiger partial charge >= 0.3 is 0 Å². The number of amides is 1. The Morgan fingerprint density at radius 1 is 1.25 bits per heavy atom. The predicted molar refractivity (Wildman–Crippen MR) is 91.2 cm³/mol. The van der Waals surface area contributed by atoms with Gasteiger partial charge in [-0.3, -0.25) is 4.79 Å². The molecule has 1 aromatic heterocycles. The number of anilines is 1. The topological polar surface area (TPSA) is 72.8 Å². The number of oxime groups is 1. The number of aromatic nitrogens is 1. The van der Waals surface area contributed by atoms with E-state index in [9.17, 15) is 4.79 Å². The van der Waals surface area contributed by atoms with Gasteiger partial charge in [0.15, 0.2) is 0 Å². The maximum atomic E-state index is 12.6. The Labute approximate surface area is 140 Å². The second kappa shape index (κ2) is 6.31. The smallest absolute Gasteiger partial charge is 0.272 e. The number of ether oxygens (including phenoxy) is 1. The molecule has 1 aliphatic rings. The van der Waals surface area contributed by atoms with Crippen LogP contribution >= 0.6 is 0 Å². The van der Waals surface area contributed by atoms with Crippen molar-refractivity contribution in [3.05, 3.63) is 53.7 Å². The Hall–Kier alpha value is -2.89. The molecular formula is C18H19N3O3. The number of carbonyl (C=O) groups is 1. The number of carbonyl (C=O) groups excluding carboxylic acids is 1. The molecule has 0 aliphatic carbocycles. The molecule has 1 aliphatic heterocycles. The van der Waals surface area contributed by atoms with Crippen LogP contribution in [0.15, 0.2) is 47.6 Å². The normalized spacial score (nSPS) is 19.4. The summed E-state index contributed by atoms with van der Waals surface area (Å²) in [5, 5.41) is 6.88. The monoisotopic (exact) mass is 325 g/mol. The van der Waals surface area contributed by atoms with E-state index < -0.39 is 5.60 Å². The van der Waals surface area contributed by atoms with Crippen molar-refractivity contribution in [3.63, 3.8) is 0 Å². The first kappa shape index (κ1) is 16.0. The number of hydrogen-bond acceptors (Lipinski definition) is 5. The van der Waals surface area contributed by atoms with Crippen molar-refractivity contribution >= 4 is 17.4 Å². The first-order valence-corrected chi connectivity index (χ1v) is 7.65. The number of nitrogens with one attached hydrogen (secondary N) is 1. The van der Waals surface area contributed by atoms with Gasteiger partial charge in [0.2, 0.25) is 5.60 Å². The van der Waals surface area contributed by atoms with Crippen LogP contribution in [-0.4, -0.2) is 29.3 Å². The standard InChI is InChI=1S/C18H19N3O3/c1-12-5-4-6-16(19-12)20-17(22)18(2)11-15(21-24-18)13-7-9-14(23-3)10-8-13/h4-10H,11H2,1-3H3,(H,19,20,22)/t18-/m0/s1. The summed E-state index contributed by atoms with van der Waals surface area (Å²) in [5.41, 5.74) is 1.41. The Kier molecular flexibility index (Phi) is 4.20. The van der Waals surface area contributed by atoms with Crippen LogP contribution in [0.5, 0.6) is 5.75 Å². The van der Waals surface area contributed by atoms with E-state index in [2.05, 4.69) is 15.5 Å². The number of nitrogens with zero attached hydrogens (tertiary/aromatic N) is 2. The molecule has 2 heterocycles. The molecule has 24 heavy (non-hydrogen) atoms. The van der Waals surface area contributed by atoms with Crippen molar-refractivity contribution in [3.8, 4) is 5.75 Å². The average molecular weight is 325 g/mol. The third-order valence-corrected chi connectivity index (χ3v) is 3.90. The van der Waals surface area contributed by atoms with E-state index in [1.165, 1.54) is 0 Å². The van der Waals surface area contributed by atoms with E-state index in [4.69, 9.17) is 9.57 Å². The van der Waals surface area contributed by atoms with Crippen LogP contribution in [0.2, 0.25) is 0 Å². The van der Waals surface area contributed by atoms with Gasteiger partial charge in [0, 0.05) is 12.1 Å². The summed E-state index contributed by atoms with van der Waals surface area (Å²) in [4.78, 5) is 22.3. The first-order chi connectivity index (χ1) is 11.5. The van der Waals surface area contributed by atoms with Gasteiger partial charge in [-0.05, 0) is 55.8 Å². The number of aryl methyl sites for hydroxylation is 1. The minimum absolute atomic E-state index is 0.270. The van der Waals surface area contributed by atoms with E-state index >= 15 is 0 Å². The minimum Gasteiger partial charge on any atom is -0.497 e. The zero-order valence-corrected chi connectivity index (χ0v) is 13.9. The molecule has 6 heteroatoms. The molecule has 0 saturated heterocycles. The molecule has 6 nitrogen and oxygen atoms in total. The van der Waals surface area contributed by atoms with Crippen LogP contribution in [-0.2, 0) is 9.63 Å².